The first-order chi connectivity index (χ1) is 17.2. The number of allylic oxidation sites excluding steroid dienone is 2. The van der Waals surface area contributed by atoms with Crippen LogP contribution in [0.2, 0.25) is 0 Å². The molecular weight excluding hydrogens is 482 g/mol. The largest absolute Gasteiger partial charge is 0.466 e. The third kappa shape index (κ3) is 5.83. The number of ether oxygens (including phenoxy) is 2. The second-order valence-corrected chi connectivity index (χ2v) is 9.35. The van der Waals surface area contributed by atoms with Gasteiger partial charge in [0.05, 0.1) is 29.1 Å². The van der Waals surface area contributed by atoms with Crippen LogP contribution < -0.4 is 5.32 Å². The summed E-state index contributed by atoms with van der Waals surface area (Å²) in [6.07, 6.45) is -0.517. The molecule has 192 valence electrons. The Bertz CT molecular complexity index is 1180. The quantitative estimate of drug-likeness (QED) is 0.277. The van der Waals surface area contributed by atoms with Crippen molar-refractivity contribution in [3.05, 3.63) is 84.9 Å². The molecule has 0 amide bonds. The molecule has 2 atom stereocenters. The van der Waals surface area contributed by atoms with Crippen LogP contribution in [-0.2, 0) is 19.1 Å². The zero-order valence-electron chi connectivity index (χ0n) is 21.1. The van der Waals surface area contributed by atoms with Gasteiger partial charge in [0, 0.05) is 34.9 Å². The molecule has 0 bridgehead atoms. The van der Waals surface area contributed by atoms with Gasteiger partial charge in [0.25, 0.3) is 5.69 Å². The Morgan fingerprint density at radius 2 is 1.78 bits per heavy atom. The fraction of sp³-hybridized carbons (Fsp3) is 0.385. The molecule has 0 spiro atoms. The molecule has 0 aliphatic carbocycles. The summed E-state index contributed by atoms with van der Waals surface area (Å²) in [5, 5.41) is 16.5. The van der Waals surface area contributed by atoms with Gasteiger partial charge >= 0.3 is 11.9 Å². The average molecular weight is 514 g/mol. The van der Waals surface area contributed by atoms with E-state index in [-0.39, 0.29) is 16.8 Å². The summed E-state index contributed by atoms with van der Waals surface area (Å²) in [5.41, 5.74) is 1.71. The van der Waals surface area contributed by atoms with Crippen molar-refractivity contribution in [3.8, 4) is 0 Å². The lowest BCUT2D eigenvalue weighted by Crippen LogP contribution is -2.34. The van der Waals surface area contributed by atoms with E-state index in [2.05, 4.69) is 10.2 Å². The van der Waals surface area contributed by atoms with Crippen molar-refractivity contribution < 1.29 is 24.0 Å². The van der Waals surface area contributed by atoms with Crippen LogP contribution in [0.3, 0.4) is 0 Å². The predicted octanol–water partition coefficient (Wildman–Crippen LogP) is 4.69. The monoisotopic (exact) mass is 513 g/mol. The van der Waals surface area contributed by atoms with E-state index in [9.17, 15) is 19.7 Å². The number of nitro groups is 1. The van der Waals surface area contributed by atoms with E-state index < -0.39 is 28.9 Å². The normalized spacial score (nSPS) is 16.6. The maximum atomic E-state index is 13.8. The Labute approximate surface area is 214 Å². The minimum atomic E-state index is -0.900. The third-order valence-electron chi connectivity index (χ3n) is 6.23. The Morgan fingerprint density at radius 3 is 2.33 bits per heavy atom. The van der Waals surface area contributed by atoms with Crippen molar-refractivity contribution >= 4 is 29.0 Å². The second kappa shape index (κ2) is 12.0. The molecule has 1 aliphatic heterocycles. The zero-order valence-corrected chi connectivity index (χ0v) is 21.9. The summed E-state index contributed by atoms with van der Waals surface area (Å²) in [7, 11) is 1.26. The molecule has 1 aromatic carbocycles. The summed E-state index contributed by atoms with van der Waals surface area (Å²) in [4.78, 5) is 40.7. The summed E-state index contributed by atoms with van der Waals surface area (Å²) in [6, 6.07) is 9.76. The number of thiophene rings is 1. The van der Waals surface area contributed by atoms with Gasteiger partial charge in [-0.1, -0.05) is 32.0 Å². The Kier molecular flexibility index (Phi) is 9.00. The molecule has 1 aromatic heterocycles. The van der Waals surface area contributed by atoms with Crippen LogP contribution in [0.4, 0.5) is 5.69 Å². The van der Waals surface area contributed by atoms with E-state index in [1.165, 1.54) is 36.6 Å². The molecule has 0 radical (unpaired) electrons. The highest BCUT2D eigenvalue weighted by Crippen LogP contribution is 2.41. The number of hydrogen-bond donors (Lipinski definition) is 1. The van der Waals surface area contributed by atoms with Gasteiger partial charge in [0.1, 0.15) is 6.10 Å². The van der Waals surface area contributed by atoms with Gasteiger partial charge in [-0.05, 0) is 43.9 Å². The highest BCUT2D eigenvalue weighted by molar-refractivity contribution is 7.10. The zero-order chi connectivity index (χ0) is 26.4. The smallest absolute Gasteiger partial charge is 0.337 e. The minimum absolute atomic E-state index is 0.142. The number of dihydropyridines is 1. The van der Waals surface area contributed by atoms with Gasteiger partial charge in [-0.2, -0.15) is 0 Å². The van der Waals surface area contributed by atoms with Crippen molar-refractivity contribution in [2.24, 2.45) is 0 Å². The lowest BCUT2D eigenvalue weighted by atomic mass is 9.80. The summed E-state index contributed by atoms with van der Waals surface area (Å²) in [5.74, 6) is -2.13. The van der Waals surface area contributed by atoms with Gasteiger partial charge in [0.15, 0.2) is 0 Å². The molecule has 0 saturated heterocycles. The number of nitrogens with zero attached hydrogens (tertiary/aromatic N) is 2. The number of hydrogen-bond acceptors (Lipinski definition) is 9. The summed E-state index contributed by atoms with van der Waals surface area (Å²) < 4.78 is 11.1. The first kappa shape index (κ1) is 27.1. The highest BCUT2D eigenvalue weighted by atomic mass is 32.1. The molecule has 2 aromatic rings. The van der Waals surface area contributed by atoms with E-state index in [0.717, 1.165) is 18.0 Å². The van der Waals surface area contributed by atoms with Crippen molar-refractivity contribution in [1.82, 2.24) is 10.2 Å². The van der Waals surface area contributed by atoms with Crippen LogP contribution in [0.15, 0.2) is 64.3 Å². The first-order valence-corrected chi connectivity index (χ1v) is 12.6. The molecule has 2 heterocycles. The van der Waals surface area contributed by atoms with Crippen LogP contribution in [0.25, 0.3) is 0 Å². The molecule has 0 fully saturated rings. The number of likely N-dealkylation sites (N-methyl/N-ethyl adjacent to an activating group) is 1. The minimum Gasteiger partial charge on any atom is -0.466 e. The van der Waals surface area contributed by atoms with Gasteiger partial charge in [-0.25, -0.2) is 9.59 Å². The van der Waals surface area contributed by atoms with E-state index in [1.807, 2.05) is 31.4 Å². The molecule has 36 heavy (non-hydrogen) atoms. The molecule has 10 heteroatoms. The van der Waals surface area contributed by atoms with E-state index in [4.69, 9.17) is 9.47 Å². The summed E-state index contributed by atoms with van der Waals surface area (Å²) >= 11 is 1.50. The molecule has 0 saturated carbocycles. The van der Waals surface area contributed by atoms with Crippen LogP contribution in [0.5, 0.6) is 0 Å². The molecule has 1 aliphatic rings. The summed E-state index contributed by atoms with van der Waals surface area (Å²) in [6.45, 7) is 9.62. The number of non-ortho nitro benzene ring substituents is 1. The lowest BCUT2D eigenvalue weighted by molar-refractivity contribution is -0.384. The van der Waals surface area contributed by atoms with Crippen molar-refractivity contribution in [2.75, 3.05) is 26.7 Å². The maximum Gasteiger partial charge on any atom is 0.337 e. The number of carbonyl (C=O) groups excluding carboxylic acids is 2. The van der Waals surface area contributed by atoms with Crippen molar-refractivity contribution in [1.29, 1.82) is 0 Å². The van der Waals surface area contributed by atoms with Gasteiger partial charge in [-0.3, -0.25) is 15.0 Å². The van der Waals surface area contributed by atoms with Gasteiger partial charge in [0.2, 0.25) is 0 Å². The molecule has 1 N–H and O–H groups in total. The topological polar surface area (TPSA) is 111 Å². The number of nitro benzene ring substituents is 1. The number of carbonyl (C=O) groups is 2. The SMILES string of the molecule is CCN(CC)CC(OC(=O)C1=C(C)NC(C)=C(C(=O)OC)C1c1cccc([N+](=O)[O-])c1)c1cccs1. The Balaban J connectivity index is 2.08. The lowest BCUT2D eigenvalue weighted by Gasteiger charge is -2.31. The fourth-order valence-corrected chi connectivity index (χ4v) is 5.11. The third-order valence-corrected chi connectivity index (χ3v) is 7.19. The molecule has 3 rings (SSSR count). The van der Waals surface area contributed by atoms with Gasteiger partial charge < -0.3 is 14.8 Å². The molecular formula is C26H31N3O6S. The number of esters is 2. The van der Waals surface area contributed by atoms with Crippen molar-refractivity contribution in [2.45, 2.75) is 39.7 Å². The van der Waals surface area contributed by atoms with Crippen LogP contribution in [-0.4, -0.2) is 48.5 Å². The van der Waals surface area contributed by atoms with E-state index in [0.29, 0.717) is 23.5 Å². The van der Waals surface area contributed by atoms with E-state index >= 15 is 0 Å². The van der Waals surface area contributed by atoms with Crippen LogP contribution >= 0.6 is 11.3 Å². The second-order valence-electron chi connectivity index (χ2n) is 8.37. The molecule has 2 unspecified atom stereocenters. The van der Waals surface area contributed by atoms with Crippen molar-refractivity contribution in [3.63, 3.8) is 0 Å². The van der Waals surface area contributed by atoms with Gasteiger partial charge in [-0.15, -0.1) is 11.3 Å². The van der Waals surface area contributed by atoms with E-state index in [1.54, 1.807) is 19.9 Å². The predicted molar refractivity (Wildman–Crippen MR) is 137 cm³/mol. The Morgan fingerprint density at radius 1 is 1.11 bits per heavy atom. The maximum absolute atomic E-state index is 13.8. The van der Waals surface area contributed by atoms with Crippen LogP contribution in [0, 0.1) is 10.1 Å². The highest BCUT2D eigenvalue weighted by Gasteiger charge is 2.39. The number of rotatable bonds is 10. The average Bonchev–Trinajstić information content (AvgIpc) is 3.40. The number of methoxy groups -OCH3 is 1. The first-order valence-electron chi connectivity index (χ1n) is 11.7. The van der Waals surface area contributed by atoms with Crippen LogP contribution in [0.1, 0.15) is 50.2 Å². The fourth-order valence-electron chi connectivity index (χ4n) is 4.37. The Hall–Kier alpha value is -3.50. The molecule has 9 nitrogen and oxygen atoms in total. The number of benzene rings is 1. The number of nitrogens with one attached hydrogen (secondary N) is 1. The standard InChI is InChI=1S/C26H31N3O6S/c1-6-28(7-2)15-20(21-12-9-13-36-21)35-26(31)23-17(4)27-16(3)22(25(30)34-5)24(23)18-10-8-11-19(14-18)29(32)33/h8-14,20,24,27H,6-7,15H2,1-5H3.